The van der Waals surface area contributed by atoms with E-state index in [2.05, 4.69) is 73.7 Å². The van der Waals surface area contributed by atoms with Crippen molar-refractivity contribution in [3.05, 3.63) is 12.2 Å². The Hall–Kier alpha value is -0.806. The third kappa shape index (κ3) is 9.34. The molecule has 1 rings (SSSR count). The average molecular weight is 613 g/mol. The zero-order chi connectivity index (χ0) is 31.9. The van der Waals surface area contributed by atoms with Crippen LogP contribution >= 0.6 is 0 Å². The Bertz CT molecular complexity index is 870. The van der Waals surface area contributed by atoms with Gasteiger partial charge in [0.1, 0.15) is 16.1 Å². The van der Waals surface area contributed by atoms with E-state index in [1.165, 1.54) is 7.11 Å². The molecule has 240 valence electrons. The van der Waals surface area contributed by atoms with E-state index in [1.54, 1.807) is 0 Å². The number of carbonyl (C=O) groups excluding carboxylic acids is 2. The summed E-state index contributed by atoms with van der Waals surface area (Å²) in [5.41, 5.74) is -2.13. The summed E-state index contributed by atoms with van der Waals surface area (Å²) in [7, 11) is -0.291. The van der Waals surface area contributed by atoms with Gasteiger partial charge in [0.15, 0.2) is 14.1 Å². The maximum absolute atomic E-state index is 14.3. The van der Waals surface area contributed by atoms with E-state index >= 15 is 0 Å². The van der Waals surface area contributed by atoms with Crippen molar-refractivity contribution in [3.63, 3.8) is 0 Å². The Labute approximate surface area is 256 Å². The second-order valence-corrected chi connectivity index (χ2v) is 20.6. The van der Waals surface area contributed by atoms with Gasteiger partial charge in [-0.1, -0.05) is 107 Å². The second kappa shape index (κ2) is 15.3. The van der Waals surface area contributed by atoms with E-state index in [0.29, 0.717) is 36.2 Å². The number of ketones is 1. The quantitative estimate of drug-likeness (QED) is 0.0882. The van der Waals surface area contributed by atoms with Gasteiger partial charge in [-0.2, -0.15) is 0 Å². The summed E-state index contributed by atoms with van der Waals surface area (Å²) in [6, 6.07) is 0. The molecular weight excluding hydrogens is 549 g/mol. The maximum Gasteiger partial charge on any atom is 0.305 e. The number of Topliss-reactive ketones (excluding diaryl/α,β-unsaturated/α-hetero) is 1. The molecule has 0 aliphatic heterocycles. The fourth-order valence-electron chi connectivity index (χ4n) is 6.80. The lowest BCUT2D eigenvalue weighted by atomic mass is 9.64. The minimum atomic E-state index is -2.03. The van der Waals surface area contributed by atoms with Crippen LogP contribution in [0.25, 0.3) is 0 Å². The van der Waals surface area contributed by atoms with Gasteiger partial charge in [-0.3, -0.25) is 9.59 Å². The lowest BCUT2D eigenvalue weighted by molar-refractivity contribution is -0.149. The van der Waals surface area contributed by atoms with Crippen molar-refractivity contribution >= 4 is 30.6 Å². The summed E-state index contributed by atoms with van der Waals surface area (Å²) in [5.74, 6) is -0.510. The van der Waals surface area contributed by atoms with Crippen LogP contribution in [0.1, 0.15) is 120 Å². The highest BCUT2D eigenvalue weighted by Crippen LogP contribution is 2.59. The van der Waals surface area contributed by atoms with Crippen molar-refractivity contribution in [2.75, 3.05) is 7.11 Å². The number of hydrogen-bond donors (Lipinski definition) is 1. The molecule has 0 radical (unpaired) electrons. The van der Waals surface area contributed by atoms with Crippen molar-refractivity contribution in [1.82, 2.24) is 0 Å². The van der Waals surface area contributed by atoms with E-state index in [1.807, 2.05) is 13.8 Å². The van der Waals surface area contributed by atoms with Gasteiger partial charge < -0.3 is 18.7 Å². The smallest absolute Gasteiger partial charge is 0.305 e. The first kappa shape index (κ1) is 38.2. The number of ether oxygens (including phenoxy) is 1. The van der Waals surface area contributed by atoms with E-state index in [4.69, 9.17) is 13.6 Å². The summed E-state index contributed by atoms with van der Waals surface area (Å²) in [6.07, 6.45) is 10.8. The van der Waals surface area contributed by atoms with Crippen molar-refractivity contribution in [2.45, 2.75) is 156 Å². The molecular formula is C33H64O6Si2. The number of aliphatic hydroxyl groups is 1. The zero-order valence-corrected chi connectivity index (χ0v) is 31.8. The van der Waals surface area contributed by atoms with Crippen LogP contribution in [-0.4, -0.2) is 60.6 Å². The summed E-state index contributed by atoms with van der Waals surface area (Å²) in [5, 5.41) is 11.9. The molecule has 6 nitrogen and oxygen atoms in total. The highest BCUT2D eigenvalue weighted by molar-refractivity contribution is 6.74. The van der Waals surface area contributed by atoms with Crippen molar-refractivity contribution < 1.29 is 28.3 Å². The van der Waals surface area contributed by atoms with Crippen LogP contribution in [0.2, 0.25) is 18.1 Å². The molecule has 0 aromatic heterocycles. The summed E-state index contributed by atoms with van der Waals surface area (Å²) >= 11 is 0. The van der Waals surface area contributed by atoms with Crippen LogP contribution in [0.15, 0.2) is 12.2 Å². The number of unbranched alkanes of at least 4 members (excludes halogenated alkanes) is 4. The third-order valence-electron chi connectivity index (χ3n) is 9.80. The largest absolute Gasteiger partial charge is 0.469 e. The van der Waals surface area contributed by atoms with E-state index in [9.17, 15) is 14.7 Å². The van der Waals surface area contributed by atoms with Crippen molar-refractivity contribution in [3.8, 4) is 0 Å². The molecule has 5 unspecified atom stereocenters. The summed E-state index contributed by atoms with van der Waals surface area (Å²) in [6.45, 7) is 24.2. The molecule has 1 fully saturated rings. The van der Waals surface area contributed by atoms with Gasteiger partial charge in [0.25, 0.3) is 0 Å². The number of rotatable bonds is 16. The third-order valence-corrected chi connectivity index (χ3v) is 15.0. The Morgan fingerprint density at radius 3 is 2.12 bits per heavy atom. The topological polar surface area (TPSA) is 82.1 Å². The first-order valence-electron chi connectivity index (χ1n) is 15.9. The van der Waals surface area contributed by atoms with Crippen LogP contribution < -0.4 is 0 Å². The number of hydrogen-bond acceptors (Lipinski definition) is 6. The molecule has 0 saturated heterocycles. The Morgan fingerprint density at radius 1 is 1.05 bits per heavy atom. The highest BCUT2D eigenvalue weighted by Gasteiger charge is 2.68. The number of aliphatic hydroxyl groups excluding tert-OH is 1. The van der Waals surface area contributed by atoms with Gasteiger partial charge in [-0.25, -0.2) is 0 Å². The molecule has 0 aromatic rings. The van der Waals surface area contributed by atoms with E-state index in [-0.39, 0.29) is 40.1 Å². The van der Waals surface area contributed by atoms with Crippen LogP contribution in [0.4, 0.5) is 0 Å². The average Bonchev–Trinajstić information content (AvgIpc) is 3.03. The minimum absolute atomic E-state index is 0.00415. The van der Waals surface area contributed by atoms with Gasteiger partial charge in [-0.15, -0.1) is 0 Å². The number of methoxy groups -OCH3 is 1. The number of carbonyl (C=O) groups is 2. The van der Waals surface area contributed by atoms with E-state index in [0.717, 1.165) is 32.1 Å². The normalized spacial score (nSPS) is 25.1. The molecule has 0 amide bonds. The van der Waals surface area contributed by atoms with Gasteiger partial charge in [0.2, 0.25) is 0 Å². The molecule has 1 aliphatic carbocycles. The van der Waals surface area contributed by atoms with Crippen LogP contribution in [0.5, 0.6) is 0 Å². The molecule has 0 spiro atoms. The molecule has 1 aliphatic rings. The van der Waals surface area contributed by atoms with Gasteiger partial charge in [-0.05, 0) is 48.7 Å². The monoisotopic (exact) mass is 612 g/mol. The first-order chi connectivity index (χ1) is 18.7. The molecule has 5 atom stereocenters. The standard InChI is InChI=1S/C33H64O6Si2/c1-13-14-16-19-24(38-41(11,12)31(5,6)7)22-23-25-28(30(2,3)4)32(8,9)29(36)33(25,39-40)26(34)20-17-15-18-21-27(35)37-10/h22-26,28,34H,13-21H2,1-12,40H3. The predicted octanol–water partition coefficient (Wildman–Crippen LogP) is 6.92. The lowest BCUT2D eigenvalue weighted by Crippen LogP contribution is -2.54. The fraction of sp³-hybridized carbons (Fsp3) is 0.879. The number of esters is 1. The molecule has 1 N–H and O–H groups in total. The second-order valence-electron chi connectivity index (χ2n) is 15.4. The van der Waals surface area contributed by atoms with Gasteiger partial charge >= 0.3 is 5.97 Å². The SMILES string of the molecule is CCCCCC(C=CC1C(C(C)(C)C)C(C)(C)C(=O)C1(O[SiH3])C(O)CCCCCC(=O)OC)O[Si](C)(C)C(C)(C)C. The molecule has 0 bridgehead atoms. The molecule has 0 heterocycles. The van der Waals surface area contributed by atoms with Crippen molar-refractivity contribution in [2.24, 2.45) is 22.7 Å². The van der Waals surface area contributed by atoms with Crippen LogP contribution in [0.3, 0.4) is 0 Å². The molecule has 0 aromatic carbocycles. The fourth-order valence-corrected chi connectivity index (χ4v) is 8.83. The zero-order valence-electron chi connectivity index (χ0n) is 28.8. The van der Waals surface area contributed by atoms with Crippen molar-refractivity contribution in [1.29, 1.82) is 0 Å². The summed E-state index contributed by atoms with van der Waals surface area (Å²) in [4.78, 5) is 25.8. The Morgan fingerprint density at radius 2 is 1.63 bits per heavy atom. The van der Waals surface area contributed by atoms with Gasteiger partial charge in [0, 0.05) is 17.8 Å². The van der Waals surface area contributed by atoms with E-state index < -0.39 is 25.4 Å². The van der Waals surface area contributed by atoms with Crippen LogP contribution in [-0.2, 0) is 23.2 Å². The van der Waals surface area contributed by atoms with Gasteiger partial charge in [0.05, 0.1) is 19.3 Å². The van der Waals surface area contributed by atoms with Crippen LogP contribution in [0, 0.1) is 22.7 Å². The lowest BCUT2D eigenvalue weighted by Gasteiger charge is -2.42. The highest BCUT2D eigenvalue weighted by atomic mass is 28.4. The first-order valence-corrected chi connectivity index (χ1v) is 19.7. The minimum Gasteiger partial charge on any atom is -0.469 e. The summed E-state index contributed by atoms with van der Waals surface area (Å²) < 4.78 is 18.0. The maximum atomic E-state index is 14.3. The Kier molecular flexibility index (Phi) is 14.2. The Balaban J connectivity index is 3.49. The predicted molar refractivity (Wildman–Crippen MR) is 175 cm³/mol. The molecule has 8 heteroatoms. The molecule has 41 heavy (non-hydrogen) atoms. The molecule has 1 saturated carbocycles.